The number of phenols is 1. The van der Waals surface area contributed by atoms with Crippen molar-refractivity contribution in [2.75, 3.05) is 13.1 Å². The van der Waals surface area contributed by atoms with Crippen molar-refractivity contribution >= 4 is 5.78 Å². The van der Waals surface area contributed by atoms with Gasteiger partial charge in [-0.3, -0.25) is 9.69 Å². The van der Waals surface area contributed by atoms with E-state index < -0.39 is 17.1 Å². The second-order valence-electron chi connectivity index (χ2n) is 9.07. The highest BCUT2D eigenvalue weighted by Crippen LogP contribution is 2.64. The summed E-state index contributed by atoms with van der Waals surface area (Å²) >= 11 is 0. The number of nitrogens with zero attached hydrogens (tertiary/aromatic N) is 1. The molecule has 2 bridgehead atoms. The Labute approximate surface area is 152 Å². The molecule has 138 valence electrons. The van der Waals surface area contributed by atoms with Crippen molar-refractivity contribution in [3.8, 4) is 11.5 Å². The van der Waals surface area contributed by atoms with E-state index in [9.17, 15) is 15.0 Å². The number of hydrogen-bond donors (Lipinski definition) is 2. The molecule has 6 rings (SSSR count). The van der Waals surface area contributed by atoms with E-state index in [-0.39, 0.29) is 17.6 Å². The second kappa shape index (κ2) is 4.82. The summed E-state index contributed by atoms with van der Waals surface area (Å²) in [5.74, 6) is 1.37. The number of carbonyl (C=O) groups is 1. The summed E-state index contributed by atoms with van der Waals surface area (Å²) in [6.07, 6.45) is 5.65. The quantitative estimate of drug-likeness (QED) is 0.848. The Hall–Kier alpha value is -1.59. The van der Waals surface area contributed by atoms with Gasteiger partial charge in [-0.15, -0.1) is 0 Å². The number of benzene rings is 1. The first-order valence-electron chi connectivity index (χ1n) is 10.1. The number of aromatic hydroxyl groups is 1. The van der Waals surface area contributed by atoms with Crippen LogP contribution in [0.25, 0.3) is 0 Å². The molecule has 1 unspecified atom stereocenters. The summed E-state index contributed by atoms with van der Waals surface area (Å²) in [4.78, 5) is 15.3. The molecule has 1 saturated heterocycles. The number of ether oxygens (including phenoxy) is 1. The maximum Gasteiger partial charge on any atom is 0.174 e. The summed E-state index contributed by atoms with van der Waals surface area (Å²) in [6, 6.07) is 3.70. The molecular formula is C21H25NO4. The average Bonchev–Trinajstić information content (AvgIpc) is 2.93. The number of rotatable bonds is 2. The molecule has 1 aromatic rings. The molecule has 0 aromatic heterocycles. The van der Waals surface area contributed by atoms with Crippen molar-refractivity contribution in [1.82, 2.24) is 4.90 Å². The van der Waals surface area contributed by atoms with Crippen LogP contribution in [-0.2, 0) is 16.6 Å². The second-order valence-corrected chi connectivity index (χ2v) is 9.07. The predicted molar refractivity (Wildman–Crippen MR) is 94.4 cm³/mol. The molecule has 5 heteroatoms. The van der Waals surface area contributed by atoms with Gasteiger partial charge in [-0.25, -0.2) is 0 Å². The molecule has 0 amide bonds. The van der Waals surface area contributed by atoms with Crippen LogP contribution in [0.2, 0.25) is 0 Å². The Kier molecular flexibility index (Phi) is 2.86. The lowest BCUT2D eigenvalue weighted by molar-refractivity contribution is -0.190. The zero-order valence-electron chi connectivity index (χ0n) is 14.9. The molecule has 0 radical (unpaired) electrons. The van der Waals surface area contributed by atoms with Gasteiger partial charge in [0.1, 0.15) is 0 Å². The minimum atomic E-state index is -0.945. The first-order chi connectivity index (χ1) is 12.5. The number of ketones is 1. The summed E-state index contributed by atoms with van der Waals surface area (Å²) in [5, 5.41) is 22.4. The fraction of sp³-hybridized carbons (Fsp3) is 0.667. The molecule has 5 nitrogen and oxygen atoms in total. The average molecular weight is 355 g/mol. The van der Waals surface area contributed by atoms with Crippen molar-refractivity contribution in [3.05, 3.63) is 23.3 Å². The highest BCUT2D eigenvalue weighted by atomic mass is 16.5. The van der Waals surface area contributed by atoms with E-state index in [1.807, 2.05) is 6.07 Å². The minimum absolute atomic E-state index is 0.0408. The molecule has 3 aliphatic carbocycles. The number of Topliss-reactive ketones (excluding diaryl/α,β-unsaturated/α-hetero) is 1. The fourth-order valence-corrected chi connectivity index (χ4v) is 6.64. The van der Waals surface area contributed by atoms with Crippen molar-refractivity contribution in [1.29, 1.82) is 0 Å². The molecule has 2 saturated carbocycles. The molecule has 3 fully saturated rings. The largest absolute Gasteiger partial charge is 0.504 e. The third-order valence-corrected chi connectivity index (χ3v) is 8.09. The number of carbonyl (C=O) groups excluding carboxylic acids is 1. The van der Waals surface area contributed by atoms with Crippen LogP contribution in [-0.4, -0.2) is 51.7 Å². The summed E-state index contributed by atoms with van der Waals surface area (Å²) < 4.78 is 6.06. The van der Waals surface area contributed by atoms with E-state index >= 15 is 0 Å². The van der Waals surface area contributed by atoms with E-state index in [0.717, 1.165) is 43.0 Å². The zero-order chi connectivity index (χ0) is 17.7. The van der Waals surface area contributed by atoms with Gasteiger partial charge in [0, 0.05) is 24.6 Å². The Morgan fingerprint density at radius 2 is 2.12 bits per heavy atom. The smallest absolute Gasteiger partial charge is 0.174 e. The van der Waals surface area contributed by atoms with Gasteiger partial charge in [0.25, 0.3) is 0 Å². The third kappa shape index (κ3) is 1.59. The number of piperidine rings is 1. The molecule has 1 spiro atoms. The lowest BCUT2D eigenvalue weighted by atomic mass is 9.49. The van der Waals surface area contributed by atoms with Crippen LogP contribution in [0.4, 0.5) is 0 Å². The van der Waals surface area contributed by atoms with Crippen molar-refractivity contribution in [2.45, 2.75) is 68.1 Å². The van der Waals surface area contributed by atoms with Crippen molar-refractivity contribution in [3.63, 3.8) is 0 Å². The van der Waals surface area contributed by atoms with E-state index in [0.29, 0.717) is 18.6 Å². The van der Waals surface area contributed by atoms with Gasteiger partial charge in [-0.05, 0) is 56.2 Å². The number of likely N-dealkylation sites (tertiary alicyclic amines) is 1. The van der Waals surface area contributed by atoms with Gasteiger partial charge in [-0.1, -0.05) is 12.5 Å². The molecule has 4 atom stereocenters. The molecule has 2 N–H and O–H groups in total. The lowest BCUT2D eigenvalue weighted by Crippen LogP contribution is -2.76. The fourth-order valence-electron chi connectivity index (χ4n) is 6.64. The van der Waals surface area contributed by atoms with Gasteiger partial charge in [-0.2, -0.15) is 0 Å². The third-order valence-electron chi connectivity index (χ3n) is 8.09. The van der Waals surface area contributed by atoms with E-state index in [4.69, 9.17) is 4.74 Å². The maximum absolute atomic E-state index is 12.8. The monoisotopic (exact) mass is 355 g/mol. The van der Waals surface area contributed by atoms with E-state index in [1.54, 1.807) is 6.07 Å². The van der Waals surface area contributed by atoms with Gasteiger partial charge < -0.3 is 14.9 Å². The van der Waals surface area contributed by atoms with Gasteiger partial charge in [0.2, 0.25) is 0 Å². The maximum atomic E-state index is 12.8. The first kappa shape index (κ1) is 15.5. The summed E-state index contributed by atoms with van der Waals surface area (Å²) in [5.41, 5.74) is 0.449. The Morgan fingerprint density at radius 1 is 1.27 bits per heavy atom. The van der Waals surface area contributed by atoms with Crippen LogP contribution >= 0.6 is 0 Å². The predicted octanol–water partition coefficient (Wildman–Crippen LogP) is 1.92. The normalized spacial score (nSPS) is 40.7. The van der Waals surface area contributed by atoms with Crippen LogP contribution < -0.4 is 4.74 Å². The van der Waals surface area contributed by atoms with Gasteiger partial charge in [0.15, 0.2) is 23.4 Å². The summed E-state index contributed by atoms with van der Waals surface area (Å²) in [7, 11) is 0. The van der Waals surface area contributed by atoms with Gasteiger partial charge >= 0.3 is 0 Å². The van der Waals surface area contributed by atoms with Crippen LogP contribution in [0.3, 0.4) is 0 Å². The van der Waals surface area contributed by atoms with Crippen LogP contribution in [0.15, 0.2) is 12.1 Å². The Morgan fingerprint density at radius 3 is 2.88 bits per heavy atom. The zero-order valence-corrected chi connectivity index (χ0v) is 14.9. The molecule has 1 aromatic carbocycles. The van der Waals surface area contributed by atoms with Crippen LogP contribution in [0, 0.1) is 5.92 Å². The van der Waals surface area contributed by atoms with E-state index in [2.05, 4.69) is 4.90 Å². The Balaban J connectivity index is 1.53. The summed E-state index contributed by atoms with van der Waals surface area (Å²) in [6.45, 7) is 1.95. The van der Waals surface area contributed by atoms with E-state index in [1.165, 1.54) is 19.3 Å². The molecule has 26 heavy (non-hydrogen) atoms. The van der Waals surface area contributed by atoms with Crippen LogP contribution in [0.1, 0.15) is 49.7 Å². The molecule has 2 heterocycles. The topological polar surface area (TPSA) is 70.0 Å². The molecule has 5 aliphatic rings. The number of phenolic OH excluding ortho intramolecular Hbond substituents is 1. The SMILES string of the molecule is O=C1CCC2(O)[C@H]3Cc4ccc(O)c5c4[C@@]2(CCN3CC2CCC2)[C@H]1O5. The number of hydrogen-bond acceptors (Lipinski definition) is 5. The molecular weight excluding hydrogens is 330 g/mol. The van der Waals surface area contributed by atoms with Crippen LogP contribution in [0.5, 0.6) is 11.5 Å². The highest BCUT2D eigenvalue weighted by molar-refractivity contribution is 5.90. The highest BCUT2D eigenvalue weighted by Gasteiger charge is 2.73. The Bertz CT molecular complexity index is 818. The van der Waals surface area contributed by atoms with Crippen molar-refractivity contribution in [2.24, 2.45) is 5.92 Å². The first-order valence-corrected chi connectivity index (χ1v) is 10.1. The molecule has 2 aliphatic heterocycles. The minimum Gasteiger partial charge on any atom is -0.504 e. The van der Waals surface area contributed by atoms with Crippen molar-refractivity contribution < 1.29 is 19.7 Å². The standard InChI is InChI=1S/C21H25NO4/c23-14-5-4-13-10-16-21(25)7-6-15(24)19-20(21,17(13)18(14)26-19)8-9-22(16)11-12-2-1-3-12/h4-5,12,16,19,23,25H,1-3,6-11H2/t16-,19+,20+,21?/m1/s1. The van der Waals surface area contributed by atoms with Gasteiger partial charge in [0.05, 0.1) is 11.0 Å². The lowest BCUT2D eigenvalue weighted by Gasteiger charge is -2.63. The number of aliphatic hydroxyl groups is 1.